The monoisotopic (exact) mass is 358 g/mol. The molecule has 0 saturated carbocycles. The standard InChI is InChI=1S/C17H15F5N2O/c1-24(9-11-5-7-12(8-6-11)17(20,21)22)10-15(25)23-16-13(18)3-2-4-14(16)19/h2-8H,9-10H2,1H3,(H,23,25). The summed E-state index contributed by atoms with van der Waals surface area (Å²) in [7, 11) is 1.56. The maximum Gasteiger partial charge on any atom is 0.416 e. The Balaban J connectivity index is 1.93. The number of amides is 1. The number of hydrogen-bond acceptors (Lipinski definition) is 2. The minimum Gasteiger partial charge on any atom is -0.320 e. The van der Waals surface area contributed by atoms with Crippen LogP contribution in [0.4, 0.5) is 27.6 Å². The molecule has 1 N–H and O–H groups in total. The Labute approximate surface area is 141 Å². The van der Waals surface area contributed by atoms with Gasteiger partial charge in [-0.15, -0.1) is 0 Å². The van der Waals surface area contributed by atoms with Gasteiger partial charge in [0.25, 0.3) is 0 Å². The zero-order chi connectivity index (χ0) is 18.6. The molecule has 0 aliphatic carbocycles. The lowest BCUT2D eigenvalue weighted by Gasteiger charge is -2.17. The Morgan fingerprint density at radius 2 is 1.60 bits per heavy atom. The van der Waals surface area contributed by atoms with E-state index < -0.39 is 35.0 Å². The maximum absolute atomic E-state index is 13.5. The number of anilines is 1. The summed E-state index contributed by atoms with van der Waals surface area (Å²) in [5, 5.41) is 2.14. The van der Waals surface area contributed by atoms with Crippen LogP contribution in [0.1, 0.15) is 11.1 Å². The van der Waals surface area contributed by atoms with Crippen LogP contribution in [0.15, 0.2) is 42.5 Å². The Kier molecular flexibility index (Phi) is 5.73. The SMILES string of the molecule is CN(CC(=O)Nc1c(F)cccc1F)Cc1ccc(C(F)(F)F)cc1. The van der Waals surface area contributed by atoms with E-state index in [0.29, 0.717) is 5.56 Å². The fourth-order valence-corrected chi connectivity index (χ4v) is 2.21. The second-order valence-electron chi connectivity index (χ2n) is 5.51. The average Bonchev–Trinajstić information content (AvgIpc) is 2.50. The lowest BCUT2D eigenvalue weighted by atomic mass is 10.1. The second-order valence-corrected chi connectivity index (χ2v) is 5.51. The number of likely N-dealkylation sites (N-methyl/N-ethyl adjacent to an activating group) is 1. The minimum atomic E-state index is -4.41. The highest BCUT2D eigenvalue weighted by atomic mass is 19.4. The lowest BCUT2D eigenvalue weighted by Crippen LogP contribution is -2.30. The zero-order valence-corrected chi connectivity index (χ0v) is 13.2. The fourth-order valence-electron chi connectivity index (χ4n) is 2.21. The molecule has 0 atom stereocenters. The van der Waals surface area contributed by atoms with Crippen LogP contribution >= 0.6 is 0 Å². The smallest absolute Gasteiger partial charge is 0.320 e. The van der Waals surface area contributed by atoms with Crippen molar-refractivity contribution in [1.82, 2.24) is 4.90 Å². The van der Waals surface area contributed by atoms with Crippen LogP contribution in [-0.4, -0.2) is 24.4 Å². The summed E-state index contributed by atoms with van der Waals surface area (Å²) in [6, 6.07) is 7.75. The normalized spacial score (nSPS) is 11.6. The van der Waals surface area contributed by atoms with E-state index in [2.05, 4.69) is 5.32 Å². The van der Waals surface area contributed by atoms with Gasteiger partial charge >= 0.3 is 6.18 Å². The van der Waals surface area contributed by atoms with Crippen molar-refractivity contribution in [3.05, 3.63) is 65.2 Å². The van der Waals surface area contributed by atoms with Crippen molar-refractivity contribution in [1.29, 1.82) is 0 Å². The first-order chi connectivity index (χ1) is 11.7. The van der Waals surface area contributed by atoms with Gasteiger partial charge < -0.3 is 5.32 Å². The Morgan fingerprint density at radius 1 is 1.04 bits per heavy atom. The molecular formula is C17H15F5N2O. The number of carbonyl (C=O) groups is 1. The molecule has 0 saturated heterocycles. The number of rotatable bonds is 5. The van der Waals surface area contributed by atoms with E-state index in [1.165, 1.54) is 23.1 Å². The Morgan fingerprint density at radius 3 is 2.12 bits per heavy atom. The highest BCUT2D eigenvalue weighted by molar-refractivity contribution is 5.92. The molecule has 0 aliphatic heterocycles. The van der Waals surface area contributed by atoms with Gasteiger partial charge in [-0.1, -0.05) is 18.2 Å². The van der Waals surface area contributed by atoms with Gasteiger partial charge in [-0.2, -0.15) is 13.2 Å². The highest BCUT2D eigenvalue weighted by Crippen LogP contribution is 2.29. The molecule has 0 unspecified atom stereocenters. The average molecular weight is 358 g/mol. The number of para-hydroxylation sites is 1. The lowest BCUT2D eigenvalue weighted by molar-refractivity contribution is -0.137. The van der Waals surface area contributed by atoms with Gasteiger partial charge in [-0.05, 0) is 36.9 Å². The molecule has 3 nitrogen and oxygen atoms in total. The summed E-state index contributed by atoms with van der Waals surface area (Å²) in [5.74, 6) is -2.42. The van der Waals surface area contributed by atoms with Crippen molar-refractivity contribution < 1.29 is 26.7 Å². The summed E-state index contributed by atoms with van der Waals surface area (Å²) < 4.78 is 64.4. The number of hydrogen-bond donors (Lipinski definition) is 1. The number of nitrogens with zero attached hydrogens (tertiary/aromatic N) is 1. The van der Waals surface area contributed by atoms with E-state index >= 15 is 0 Å². The summed E-state index contributed by atoms with van der Waals surface area (Å²) >= 11 is 0. The zero-order valence-electron chi connectivity index (χ0n) is 13.2. The van der Waals surface area contributed by atoms with E-state index in [9.17, 15) is 26.7 Å². The summed E-state index contributed by atoms with van der Waals surface area (Å²) in [6.07, 6.45) is -4.41. The van der Waals surface area contributed by atoms with E-state index in [1.807, 2.05) is 0 Å². The predicted octanol–water partition coefficient (Wildman–Crippen LogP) is 4.05. The van der Waals surface area contributed by atoms with E-state index in [4.69, 9.17) is 0 Å². The van der Waals surface area contributed by atoms with Crippen LogP contribution in [-0.2, 0) is 17.5 Å². The second kappa shape index (κ2) is 7.60. The van der Waals surface area contributed by atoms with Crippen molar-refractivity contribution in [2.24, 2.45) is 0 Å². The maximum atomic E-state index is 13.5. The van der Waals surface area contributed by atoms with Crippen molar-refractivity contribution in [3.8, 4) is 0 Å². The summed E-state index contributed by atoms with van der Waals surface area (Å²) in [6.45, 7) is 0.0140. The Hall–Kier alpha value is -2.48. The molecule has 0 aromatic heterocycles. The molecule has 0 fully saturated rings. The molecule has 2 aromatic carbocycles. The van der Waals surface area contributed by atoms with E-state index in [1.54, 1.807) is 7.05 Å². The molecule has 134 valence electrons. The van der Waals surface area contributed by atoms with E-state index in [-0.39, 0.29) is 13.1 Å². The van der Waals surface area contributed by atoms with Gasteiger partial charge in [0, 0.05) is 6.54 Å². The quantitative estimate of drug-likeness (QED) is 0.818. The molecule has 0 heterocycles. The molecule has 8 heteroatoms. The molecule has 1 amide bonds. The third-order valence-electron chi connectivity index (χ3n) is 3.37. The molecule has 2 rings (SSSR count). The number of halogens is 5. The largest absolute Gasteiger partial charge is 0.416 e. The Bertz CT molecular complexity index is 723. The third-order valence-corrected chi connectivity index (χ3v) is 3.37. The first-order valence-corrected chi connectivity index (χ1v) is 7.25. The van der Waals surface area contributed by atoms with Gasteiger partial charge in [-0.3, -0.25) is 9.69 Å². The molecule has 0 bridgehead atoms. The predicted molar refractivity (Wildman–Crippen MR) is 82.8 cm³/mol. The molecule has 0 radical (unpaired) electrons. The number of alkyl halides is 3. The first-order valence-electron chi connectivity index (χ1n) is 7.25. The van der Waals surface area contributed by atoms with Crippen LogP contribution in [0.2, 0.25) is 0 Å². The van der Waals surface area contributed by atoms with Crippen LogP contribution < -0.4 is 5.32 Å². The van der Waals surface area contributed by atoms with Crippen molar-refractivity contribution >= 4 is 11.6 Å². The topological polar surface area (TPSA) is 32.3 Å². The molecular weight excluding hydrogens is 343 g/mol. The number of carbonyl (C=O) groups excluding carboxylic acids is 1. The fraction of sp³-hybridized carbons (Fsp3) is 0.235. The molecule has 0 spiro atoms. The van der Waals surface area contributed by atoms with Crippen LogP contribution in [0.25, 0.3) is 0 Å². The van der Waals surface area contributed by atoms with Gasteiger partial charge in [0.2, 0.25) is 5.91 Å². The molecule has 2 aromatic rings. The number of benzene rings is 2. The van der Waals surface area contributed by atoms with Crippen molar-refractivity contribution in [2.45, 2.75) is 12.7 Å². The van der Waals surface area contributed by atoms with Crippen LogP contribution in [0.5, 0.6) is 0 Å². The van der Waals surface area contributed by atoms with Crippen LogP contribution in [0, 0.1) is 11.6 Å². The first kappa shape index (κ1) is 18.9. The van der Waals surface area contributed by atoms with E-state index in [0.717, 1.165) is 24.3 Å². The molecule has 0 aliphatic rings. The summed E-state index contributed by atoms with van der Waals surface area (Å²) in [5.41, 5.74) is -0.720. The molecule has 25 heavy (non-hydrogen) atoms. The summed E-state index contributed by atoms with van der Waals surface area (Å²) in [4.78, 5) is 13.4. The minimum absolute atomic E-state index is 0.186. The van der Waals surface area contributed by atoms with Gasteiger partial charge in [-0.25, -0.2) is 8.78 Å². The van der Waals surface area contributed by atoms with Gasteiger partial charge in [0.15, 0.2) is 0 Å². The third kappa shape index (κ3) is 5.25. The van der Waals surface area contributed by atoms with Crippen molar-refractivity contribution in [3.63, 3.8) is 0 Å². The van der Waals surface area contributed by atoms with Gasteiger partial charge in [0.05, 0.1) is 12.1 Å². The van der Waals surface area contributed by atoms with Crippen LogP contribution in [0.3, 0.4) is 0 Å². The van der Waals surface area contributed by atoms with Gasteiger partial charge in [0.1, 0.15) is 17.3 Å². The number of nitrogens with one attached hydrogen (secondary N) is 1. The highest BCUT2D eigenvalue weighted by Gasteiger charge is 2.29. The van der Waals surface area contributed by atoms with Crippen molar-refractivity contribution in [2.75, 3.05) is 18.9 Å².